The molecule has 1 aromatic carbocycles. The van der Waals surface area contributed by atoms with Crippen LogP contribution in [-0.2, 0) is 4.74 Å². The van der Waals surface area contributed by atoms with Gasteiger partial charge in [-0.15, -0.1) is 0 Å². The maximum atomic E-state index is 11.9. The Bertz CT molecular complexity index is 387. The van der Waals surface area contributed by atoms with Crippen molar-refractivity contribution in [3.8, 4) is 11.5 Å². The molecular formula is C11H13F2NO3. The van der Waals surface area contributed by atoms with E-state index >= 15 is 0 Å². The fourth-order valence-corrected chi connectivity index (χ4v) is 1.52. The lowest BCUT2D eigenvalue weighted by atomic mass is 10.1. The lowest BCUT2D eigenvalue weighted by molar-refractivity contribution is 0.0125. The molecule has 0 aromatic heterocycles. The lowest BCUT2D eigenvalue weighted by Gasteiger charge is -2.12. The highest BCUT2D eigenvalue weighted by Crippen LogP contribution is 2.33. The summed E-state index contributed by atoms with van der Waals surface area (Å²) < 4.78 is 38.9. The van der Waals surface area contributed by atoms with Crippen LogP contribution < -0.4 is 15.2 Å². The minimum atomic E-state index is -2.47. The van der Waals surface area contributed by atoms with Crippen LogP contribution >= 0.6 is 0 Å². The number of ether oxygens (including phenoxy) is 3. The standard InChI is InChI=1S/C11H13F2NO3/c12-11(13)5-15-4-8(14)7-1-2-9-10(3-7)17-6-16-9/h1-3,8,11H,4-6,14H2. The maximum Gasteiger partial charge on any atom is 0.261 e. The second-order valence-electron chi connectivity index (χ2n) is 3.65. The molecule has 17 heavy (non-hydrogen) atoms. The molecule has 0 spiro atoms. The number of hydrogen-bond donors (Lipinski definition) is 1. The average molecular weight is 245 g/mol. The Morgan fingerprint density at radius 3 is 2.76 bits per heavy atom. The number of nitrogens with two attached hydrogens (primary N) is 1. The Kier molecular flexibility index (Phi) is 3.75. The molecule has 1 atom stereocenters. The number of hydrogen-bond acceptors (Lipinski definition) is 4. The molecular weight excluding hydrogens is 232 g/mol. The zero-order chi connectivity index (χ0) is 12.3. The second kappa shape index (κ2) is 5.29. The summed E-state index contributed by atoms with van der Waals surface area (Å²) in [5.41, 5.74) is 6.58. The Morgan fingerprint density at radius 2 is 2.00 bits per heavy atom. The highest BCUT2D eigenvalue weighted by molar-refractivity contribution is 5.45. The van der Waals surface area contributed by atoms with E-state index in [9.17, 15) is 8.78 Å². The van der Waals surface area contributed by atoms with E-state index in [1.165, 1.54) is 0 Å². The van der Waals surface area contributed by atoms with Gasteiger partial charge in [0.2, 0.25) is 6.79 Å². The quantitative estimate of drug-likeness (QED) is 0.857. The van der Waals surface area contributed by atoms with Crippen molar-refractivity contribution in [3.63, 3.8) is 0 Å². The molecule has 4 nitrogen and oxygen atoms in total. The van der Waals surface area contributed by atoms with Crippen molar-refractivity contribution in [2.24, 2.45) is 5.73 Å². The normalized spacial score (nSPS) is 15.3. The van der Waals surface area contributed by atoms with E-state index in [0.717, 1.165) is 5.56 Å². The Hall–Kier alpha value is -1.40. The van der Waals surface area contributed by atoms with Gasteiger partial charge in [0.25, 0.3) is 6.43 Å². The first-order chi connectivity index (χ1) is 8.16. The van der Waals surface area contributed by atoms with Crippen LogP contribution in [0.1, 0.15) is 11.6 Å². The monoisotopic (exact) mass is 245 g/mol. The van der Waals surface area contributed by atoms with E-state index < -0.39 is 19.1 Å². The van der Waals surface area contributed by atoms with Crippen LogP contribution in [0.5, 0.6) is 11.5 Å². The molecule has 0 aliphatic carbocycles. The zero-order valence-corrected chi connectivity index (χ0v) is 9.07. The first-order valence-electron chi connectivity index (χ1n) is 5.18. The molecule has 2 rings (SSSR count). The summed E-state index contributed by atoms with van der Waals surface area (Å²) in [5, 5.41) is 0. The summed E-state index contributed by atoms with van der Waals surface area (Å²) in [6.07, 6.45) is -2.47. The minimum absolute atomic E-state index is 0.0456. The topological polar surface area (TPSA) is 53.7 Å². The van der Waals surface area contributed by atoms with Crippen LogP contribution in [0.3, 0.4) is 0 Å². The predicted molar refractivity (Wildman–Crippen MR) is 56.3 cm³/mol. The Morgan fingerprint density at radius 1 is 1.24 bits per heavy atom. The van der Waals surface area contributed by atoms with Gasteiger partial charge in [-0.25, -0.2) is 8.78 Å². The number of halogens is 2. The van der Waals surface area contributed by atoms with Gasteiger partial charge in [-0.05, 0) is 17.7 Å². The van der Waals surface area contributed by atoms with Crippen molar-refractivity contribution in [2.75, 3.05) is 20.0 Å². The molecule has 6 heteroatoms. The van der Waals surface area contributed by atoms with Gasteiger partial charge in [0, 0.05) is 0 Å². The van der Waals surface area contributed by atoms with Gasteiger partial charge in [0.15, 0.2) is 11.5 Å². The largest absolute Gasteiger partial charge is 0.454 e. The molecule has 2 N–H and O–H groups in total. The molecule has 0 radical (unpaired) electrons. The third-order valence-electron chi connectivity index (χ3n) is 2.37. The van der Waals surface area contributed by atoms with E-state index in [1.54, 1.807) is 18.2 Å². The van der Waals surface area contributed by atoms with Gasteiger partial charge < -0.3 is 19.9 Å². The summed E-state index contributed by atoms with van der Waals surface area (Å²) in [6.45, 7) is -0.363. The van der Waals surface area contributed by atoms with Crippen molar-refractivity contribution in [1.29, 1.82) is 0 Å². The van der Waals surface area contributed by atoms with Crippen molar-refractivity contribution in [3.05, 3.63) is 23.8 Å². The van der Waals surface area contributed by atoms with Crippen molar-refractivity contribution < 1.29 is 23.0 Å². The molecule has 0 amide bonds. The summed E-state index contributed by atoms with van der Waals surface area (Å²) in [4.78, 5) is 0. The van der Waals surface area contributed by atoms with E-state index in [-0.39, 0.29) is 13.4 Å². The summed E-state index contributed by atoms with van der Waals surface area (Å²) in [6, 6.07) is 4.79. The number of rotatable bonds is 5. The van der Waals surface area contributed by atoms with E-state index in [1.807, 2.05) is 0 Å². The molecule has 0 bridgehead atoms. The van der Waals surface area contributed by atoms with Gasteiger partial charge in [-0.2, -0.15) is 0 Å². The second-order valence-corrected chi connectivity index (χ2v) is 3.65. The van der Waals surface area contributed by atoms with Crippen LogP contribution in [0.4, 0.5) is 8.78 Å². The van der Waals surface area contributed by atoms with Gasteiger partial charge in [-0.1, -0.05) is 6.07 Å². The van der Waals surface area contributed by atoms with Crippen LogP contribution in [0.2, 0.25) is 0 Å². The van der Waals surface area contributed by atoms with Gasteiger partial charge in [0.05, 0.1) is 12.6 Å². The molecule has 1 aliphatic heterocycles. The minimum Gasteiger partial charge on any atom is -0.454 e. The van der Waals surface area contributed by atoms with Crippen LogP contribution in [0, 0.1) is 0 Å². The number of fused-ring (bicyclic) bond motifs is 1. The smallest absolute Gasteiger partial charge is 0.261 e. The fraction of sp³-hybridized carbons (Fsp3) is 0.455. The molecule has 94 valence electrons. The summed E-state index contributed by atoms with van der Waals surface area (Å²) in [5.74, 6) is 1.28. The molecule has 1 heterocycles. The molecule has 1 unspecified atom stereocenters. The SMILES string of the molecule is NC(COCC(F)F)c1ccc2c(c1)OCO2. The van der Waals surface area contributed by atoms with E-state index in [0.29, 0.717) is 11.5 Å². The van der Waals surface area contributed by atoms with Gasteiger partial charge in [-0.3, -0.25) is 0 Å². The number of alkyl halides is 2. The van der Waals surface area contributed by atoms with Crippen molar-refractivity contribution in [2.45, 2.75) is 12.5 Å². The summed E-state index contributed by atoms with van der Waals surface area (Å²) in [7, 11) is 0. The van der Waals surface area contributed by atoms with Crippen LogP contribution in [-0.4, -0.2) is 26.4 Å². The molecule has 1 aromatic rings. The van der Waals surface area contributed by atoms with Crippen molar-refractivity contribution >= 4 is 0 Å². The molecule has 0 saturated carbocycles. The first-order valence-corrected chi connectivity index (χ1v) is 5.18. The molecule has 0 saturated heterocycles. The van der Waals surface area contributed by atoms with Crippen molar-refractivity contribution in [1.82, 2.24) is 0 Å². The Labute approximate surface area is 97.3 Å². The van der Waals surface area contributed by atoms with Gasteiger partial charge in [0.1, 0.15) is 6.61 Å². The third kappa shape index (κ3) is 3.04. The molecule has 1 aliphatic rings. The van der Waals surface area contributed by atoms with E-state index in [2.05, 4.69) is 0 Å². The van der Waals surface area contributed by atoms with Gasteiger partial charge >= 0.3 is 0 Å². The maximum absolute atomic E-state index is 11.9. The first kappa shape index (κ1) is 12.1. The summed E-state index contributed by atoms with van der Waals surface area (Å²) >= 11 is 0. The number of benzene rings is 1. The van der Waals surface area contributed by atoms with Crippen LogP contribution in [0.25, 0.3) is 0 Å². The fourth-order valence-electron chi connectivity index (χ4n) is 1.52. The highest BCUT2D eigenvalue weighted by atomic mass is 19.3. The van der Waals surface area contributed by atoms with E-state index in [4.69, 9.17) is 19.9 Å². The lowest BCUT2D eigenvalue weighted by Crippen LogP contribution is -2.19. The average Bonchev–Trinajstić information content (AvgIpc) is 2.75. The zero-order valence-electron chi connectivity index (χ0n) is 9.07. The molecule has 0 fully saturated rings. The predicted octanol–water partition coefficient (Wildman–Crippen LogP) is 1.70. The Balaban J connectivity index is 1.92. The highest BCUT2D eigenvalue weighted by Gasteiger charge is 2.16. The third-order valence-corrected chi connectivity index (χ3v) is 2.37. The van der Waals surface area contributed by atoms with Crippen LogP contribution in [0.15, 0.2) is 18.2 Å².